The predicted molar refractivity (Wildman–Crippen MR) is 87.9 cm³/mol. The number of nitrogens with zero attached hydrogens (tertiary/aromatic N) is 3. The topological polar surface area (TPSA) is 119 Å². The first-order valence-corrected chi connectivity index (χ1v) is 9.74. The van der Waals surface area contributed by atoms with Crippen molar-refractivity contribution >= 4 is 27.3 Å². The zero-order valence-corrected chi connectivity index (χ0v) is 14.7. The Kier molecular flexibility index (Phi) is 4.47. The third kappa shape index (κ3) is 3.09. The molecule has 10 heteroatoms. The highest BCUT2D eigenvalue weighted by Crippen LogP contribution is 2.27. The molecular formula is C14H18N4O4S2. The van der Waals surface area contributed by atoms with Crippen LogP contribution in [0.4, 0.5) is 0 Å². The van der Waals surface area contributed by atoms with Crippen molar-refractivity contribution in [2.45, 2.75) is 36.7 Å². The Morgan fingerprint density at radius 2 is 2.17 bits per heavy atom. The van der Waals surface area contributed by atoms with Gasteiger partial charge in [-0.3, -0.25) is 9.48 Å². The van der Waals surface area contributed by atoms with Gasteiger partial charge in [-0.05, 0) is 25.5 Å². The third-order valence-electron chi connectivity index (χ3n) is 3.88. The molecule has 8 nitrogen and oxygen atoms in total. The Bertz CT molecular complexity index is 869. The molecule has 0 fully saturated rings. The van der Waals surface area contributed by atoms with Gasteiger partial charge in [-0.15, -0.1) is 11.3 Å². The van der Waals surface area contributed by atoms with Crippen molar-refractivity contribution in [3.05, 3.63) is 34.5 Å². The van der Waals surface area contributed by atoms with Gasteiger partial charge in [0.05, 0.1) is 29.6 Å². The number of fused-ring (bicyclic) bond motifs is 1. The second kappa shape index (κ2) is 6.28. The minimum atomic E-state index is -3.71. The van der Waals surface area contributed by atoms with Crippen molar-refractivity contribution in [2.75, 3.05) is 6.54 Å². The predicted octanol–water partition coefficient (Wildman–Crippen LogP) is 0.691. The van der Waals surface area contributed by atoms with Crippen LogP contribution < -0.4 is 5.73 Å². The number of hydrogen-bond acceptors (Lipinski definition) is 6. The summed E-state index contributed by atoms with van der Waals surface area (Å²) in [5.74, 6) is -0.650. The number of hydrogen-bond donors (Lipinski definition) is 2. The second-order valence-electron chi connectivity index (χ2n) is 5.67. The number of thiophene rings is 1. The zero-order valence-electron chi connectivity index (χ0n) is 13.0. The van der Waals surface area contributed by atoms with Crippen molar-refractivity contribution in [1.82, 2.24) is 14.1 Å². The van der Waals surface area contributed by atoms with Crippen molar-refractivity contribution in [3.8, 4) is 0 Å². The Hall–Kier alpha value is -1.75. The van der Waals surface area contributed by atoms with E-state index in [9.17, 15) is 18.3 Å². The van der Waals surface area contributed by atoms with Gasteiger partial charge in [0.15, 0.2) is 0 Å². The summed E-state index contributed by atoms with van der Waals surface area (Å²) in [6.07, 6.45) is -0.0915. The summed E-state index contributed by atoms with van der Waals surface area (Å²) in [5.41, 5.74) is 6.64. The molecule has 0 aliphatic carbocycles. The van der Waals surface area contributed by atoms with Gasteiger partial charge in [-0.1, -0.05) is 0 Å². The summed E-state index contributed by atoms with van der Waals surface area (Å²) in [5, 5.41) is 15.4. The van der Waals surface area contributed by atoms with Gasteiger partial charge in [0, 0.05) is 18.5 Å². The summed E-state index contributed by atoms with van der Waals surface area (Å²) >= 11 is 0.984. The van der Waals surface area contributed by atoms with Gasteiger partial charge >= 0.3 is 0 Å². The summed E-state index contributed by atoms with van der Waals surface area (Å²) in [6, 6.07) is 3.04. The molecule has 3 rings (SSSR count). The Labute approximate surface area is 143 Å². The Balaban J connectivity index is 1.91. The first-order chi connectivity index (χ1) is 11.3. The molecule has 0 aromatic carbocycles. The number of sulfonamides is 1. The monoisotopic (exact) mass is 370 g/mol. The standard InChI is InChI=1S/C14H18N4O4S2/c1-9(19)12-6-11-7-17(3-2-4-18(11)16-12)24(21,22)13-5-10(8-23-13)14(15)20/h5-6,8-9,19H,2-4,7H2,1H3,(H2,15,20)/t9-/m1/s1. The van der Waals surface area contributed by atoms with Gasteiger partial charge in [0.1, 0.15) is 4.21 Å². The van der Waals surface area contributed by atoms with Gasteiger partial charge in [0.25, 0.3) is 10.0 Å². The minimum absolute atomic E-state index is 0.0972. The molecule has 1 amide bonds. The second-order valence-corrected chi connectivity index (χ2v) is 8.75. The zero-order chi connectivity index (χ0) is 17.5. The van der Waals surface area contributed by atoms with E-state index in [0.29, 0.717) is 25.2 Å². The van der Waals surface area contributed by atoms with E-state index < -0.39 is 22.0 Å². The van der Waals surface area contributed by atoms with Crippen LogP contribution in [0.2, 0.25) is 0 Å². The molecule has 3 heterocycles. The van der Waals surface area contributed by atoms with Crippen molar-refractivity contribution in [2.24, 2.45) is 5.73 Å². The molecule has 2 aromatic rings. The quantitative estimate of drug-likeness (QED) is 0.821. The highest BCUT2D eigenvalue weighted by Gasteiger charge is 2.30. The lowest BCUT2D eigenvalue weighted by Crippen LogP contribution is -2.30. The fourth-order valence-corrected chi connectivity index (χ4v) is 5.34. The van der Waals surface area contributed by atoms with Crippen LogP contribution in [0.3, 0.4) is 0 Å². The molecule has 1 atom stereocenters. The van der Waals surface area contributed by atoms with Gasteiger partial charge in [-0.2, -0.15) is 9.40 Å². The maximum Gasteiger partial charge on any atom is 0.252 e. The van der Waals surface area contributed by atoms with Gasteiger partial charge < -0.3 is 10.8 Å². The largest absolute Gasteiger partial charge is 0.387 e. The molecule has 3 N–H and O–H groups in total. The number of primary amides is 1. The van der Waals surface area contributed by atoms with E-state index >= 15 is 0 Å². The van der Waals surface area contributed by atoms with Crippen LogP contribution in [0.1, 0.15) is 41.2 Å². The van der Waals surface area contributed by atoms with E-state index in [1.165, 1.54) is 15.8 Å². The van der Waals surface area contributed by atoms with Crippen LogP contribution in [0.25, 0.3) is 0 Å². The van der Waals surface area contributed by atoms with Crippen molar-refractivity contribution < 1.29 is 18.3 Å². The SMILES string of the molecule is C[C@@H](O)c1cc2n(n1)CCCN(S(=O)(=O)c1cc(C(N)=O)cs1)C2. The highest BCUT2D eigenvalue weighted by atomic mass is 32.2. The van der Waals surface area contributed by atoms with Crippen LogP contribution >= 0.6 is 11.3 Å². The van der Waals surface area contributed by atoms with E-state index in [1.807, 2.05) is 0 Å². The molecule has 24 heavy (non-hydrogen) atoms. The molecule has 0 spiro atoms. The molecule has 0 saturated carbocycles. The smallest absolute Gasteiger partial charge is 0.252 e. The van der Waals surface area contributed by atoms with Gasteiger partial charge in [0.2, 0.25) is 5.91 Å². The number of aromatic nitrogens is 2. The number of nitrogens with two attached hydrogens (primary N) is 1. The summed E-state index contributed by atoms with van der Waals surface area (Å²) in [6.45, 7) is 2.74. The number of rotatable bonds is 4. The molecule has 0 radical (unpaired) electrons. The maximum atomic E-state index is 12.8. The molecular weight excluding hydrogens is 352 g/mol. The van der Waals surface area contributed by atoms with E-state index in [0.717, 1.165) is 17.0 Å². The lowest BCUT2D eigenvalue weighted by Gasteiger charge is -2.18. The number of aliphatic hydroxyl groups is 1. The summed E-state index contributed by atoms with van der Waals surface area (Å²) in [4.78, 5) is 11.2. The number of carbonyl (C=O) groups is 1. The van der Waals surface area contributed by atoms with Crippen molar-refractivity contribution in [3.63, 3.8) is 0 Å². The number of amides is 1. The van der Waals surface area contributed by atoms with E-state index in [4.69, 9.17) is 5.73 Å². The number of carbonyl (C=O) groups excluding carboxylic acids is 1. The normalized spacial score (nSPS) is 17.2. The highest BCUT2D eigenvalue weighted by molar-refractivity contribution is 7.91. The minimum Gasteiger partial charge on any atom is -0.387 e. The first-order valence-electron chi connectivity index (χ1n) is 7.42. The number of aryl methyl sites for hydroxylation is 1. The molecule has 2 aromatic heterocycles. The van der Waals surface area contributed by atoms with E-state index in [1.54, 1.807) is 17.7 Å². The molecule has 0 unspecified atom stereocenters. The van der Waals surface area contributed by atoms with Gasteiger partial charge in [-0.25, -0.2) is 8.42 Å². The lowest BCUT2D eigenvalue weighted by atomic mass is 10.2. The fraction of sp³-hybridized carbons (Fsp3) is 0.429. The lowest BCUT2D eigenvalue weighted by molar-refractivity contribution is 0.100. The van der Waals surface area contributed by atoms with Crippen LogP contribution in [-0.2, 0) is 23.1 Å². The maximum absolute atomic E-state index is 12.8. The summed E-state index contributed by atoms with van der Waals surface area (Å²) < 4.78 is 28.9. The van der Waals surface area contributed by atoms with E-state index in [2.05, 4.69) is 5.10 Å². The first kappa shape index (κ1) is 17.1. The molecule has 1 aliphatic rings. The average Bonchev–Trinajstić information content (AvgIpc) is 3.10. The van der Waals surface area contributed by atoms with Crippen LogP contribution in [0.15, 0.2) is 21.7 Å². The molecule has 1 aliphatic heterocycles. The van der Waals surface area contributed by atoms with E-state index in [-0.39, 0.29) is 16.3 Å². The fourth-order valence-electron chi connectivity index (χ4n) is 2.57. The van der Waals surface area contributed by atoms with Crippen molar-refractivity contribution in [1.29, 1.82) is 0 Å². The van der Waals surface area contributed by atoms with Crippen LogP contribution in [0, 0.1) is 0 Å². The average molecular weight is 370 g/mol. The Morgan fingerprint density at radius 3 is 2.79 bits per heavy atom. The Morgan fingerprint density at radius 1 is 1.42 bits per heavy atom. The summed E-state index contributed by atoms with van der Waals surface area (Å²) in [7, 11) is -3.71. The van der Waals surface area contributed by atoms with Crippen LogP contribution in [-0.4, -0.2) is 40.1 Å². The molecule has 0 bridgehead atoms. The van der Waals surface area contributed by atoms with Crippen LogP contribution in [0.5, 0.6) is 0 Å². The molecule has 0 saturated heterocycles. The molecule has 130 valence electrons. The number of aliphatic hydroxyl groups excluding tert-OH is 1. The third-order valence-corrected chi connectivity index (χ3v) is 7.14.